The Morgan fingerprint density at radius 2 is 2.40 bits per heavy atom. The second kappa shape index (κ2) is 3.83. The van der Waals surface area contributed by atoms with Gasteiger partial charge in [0.15, 0.2) is 0 Å². The highest BCUT2D eigenvalue weighted by Gasteiger charge is 2.37. The van der Waals surface area contributed by atoms with Crippen LogP contribution in [0, 0.1) is 5.92 Å². The Bertz CT molecular complexity index is 341. The molecule has 2 saturated heterocycles. The molecule has 3 nitrogen and oxygen atoms in total. The van der Waals surface area contributed by atoms with Crippen molar-refractivity contribution in [3.8, 4) is 0 Å². The molecule has 3 fully saturated rings. The first-order valence-corrected chi connectivity index (χ1v) is 6.70. The third-order valence-electron chi connectivity index (χ3n) is 3.74. The monoisotopic (exact) mass is 223 g/mol. The zero-order valence-electron chi connectivity index (χ0n) is 9.07. The molecular formula is C11H17N3S. The molecule has 3 heterocycles. The lowest BCUT2D eigenvalue weighted by Crippen LogP contribution is -2.48. The molecule has 3 aliphatic rings. The van der Waals surface area contributed by atoms with Crippen LogP contribution in [0.2, 0.25) is 0 Å². The van der Waals surface area contributed by atoms with Gasteiger partial charge in [-0.3, -0.25) is 0 Å². The summed E-state index contributed by atoms with van der Waals surface area (Å²) in [5.74, 6) is 2.56. The third-order valence-corrected chi connectivity index (χ3v) is 4.63. The van der Waals surface area contributed by atoms with Crippen LogP contribution in [0.25, 0.3) is 0 Å². The van der Waals surface area contributed by atoms with Crippen LogP contribution in [-0.4, -0.2) is 21.9 Å². The van der Waals surface area contributed by atoms with Crippen LogP contribution in [0.1, 0.15) is 42.9 Å². The van der Waals surface area contributed by atoms with Gasteiger partial charge < -0.3 is 5.32 Å². The maximum Gasteiger partial charge on any atom is 0.142 e. The van der Waals surface area contributed by atoms with Crippen LogP contribution in [0.3, 0.4) is 0 Å². The van der Waals surface area contributed by atoms with Crippen molar-refractivity contribution in [2.24, 2.45) is 5.92 Å². The van der Waals surface area contributed by atoms with E-state index >= 15 is 0 Å². The smallest absolute Gasteiger partial charge is 0.142 e. The van der Waals surface area contributed by atoms with Gasteiger partial charge in [0.1, 0.15) is 10.8 Å². The number of aryl methyl sites for hydroxylation is 1. The molecule has 1 aromatic heterocycles. The molecule has 1 aromatic rings. The Morgan fingerprint density at radius 1 is 1.47 bits per heavy atom. The Labute approximate surface area is 94.5 Å². The van der Waals surface area contributed by atoms with E-state index in [1.54, 1.807) is 11.5 Å². The zero-order valence-corrected chi connectivity index (χ0v) is 9.89. The van der Waals surface area contributed by atoms with Gasteiger partial charge in [-0.25, -0.2) is 4.98 Å². The van der Waals surface area contributed by atoms with Crippen molar-refractivity contribution in [1.82, 2.24) is 14.7 Å². The van der Waals surface area contributed by atoms with Gasteiger partial charge in [0.05, 0.1) is 0 Å². The van der Waals surface area contributed by atoms with Gasteiger partial charge >= 0.3 is 0 Å². The molecular weight excluding hydrogens is 206 g/mol. The van der Waals surface area contributed by atoms with E-state index in [2.05, 4.69) is 21.6 Å². The average Bonchev–Trinajstić information content (AvgIpc) is 2.79. The lowest BCUT2D eigenvalue weighted by atomic mass is 9.74. The fraction of sp³-hybridized carbons (Fsp3) is 0.818. The van der Waals surface area contributed by atoms with Crippen LogP contribution in [0.5, 0.6) is 0 Å². The predicted octanol–water partition coefficient (Wildman–Crippen LogP) is 1.96. The van der Waals surface area contributed by atoms with E-state index in [9.17, 15) is 0 Å². The molecule has 2 aliphatic heterocycles. The molecule has 1 saturated carbocycles. The van der Waals surface area contributed by atoms with Crippen LogP contribution >= 0.6 is 11.5 Å². The standard InChI is InChI=1S/C11H17N3S/c1-2-10-13-11(15-14-10)8-5-7-3-4-9(8)12-6-7/h7-9,12H,2-6H2,1H3/t7?,8-,9+/m0/s1. The number of fused-ring (bicyclic) bond motifs is 3. The maximum absolute atomic E-state index is 4.64. The molecule has 1 N–H and O–H groups in total. The van der Waals surface area contributed by atoms with Crippen LogP contribution in [0.4, 0.5) is 0 Å². The first-order chi connectivity index (χ1) is 7.36. The minimum absolute atomic E-state index is 0.648. The molecule has 82 valence electrons. The number of nitrogens with one attached hydrogen (secondary N) is 1. The highest BCUT2D eigenvalue weighted by Crippen LogP contribution is 2.40. The van der Waals surface area contributed by atoms with Crippen molar-refractivity contribution in [1.29, 1.82) is 0 Å². The quantitative estimate of drug-likeness (QED) is 0.833. The Morgan fingerprint density at radius 3 is 2.93 bits per heavy atom. The van der Waals surface area contributed by atoms with E-state index in [0.29, 0.717) is 12.0 Å². The third kappa shape index (κ3) is 1.70. The highest BCUT2D eigenvalue weighted by atomic mass is 32.1. The second-order valence-corrected chi connectivity index (χ2v) is 5.49. The lowest BCUT2D eigenvalue weighted by molar-refractivity contribution is 0.182. The van der Waals surface area contributed by atoms with E-state index < -0.39 is 0 Å². The van der Waals surface area contributed by atoms with E-state index in [1.165, 1.54) is 30.8 Å². The zero-order chi connectivity index (χ0) is 10.3. The summed E-state index contributed by atoms with van der Waals surface area (Å²) in [5, 5.41) is 4.91. The molecule has 0 radical (unpaired) electrons. The number of rotatable bonds is 2. The summed E-state index contributed by atoms with van der Waals surface area (Å²) in [6.45, 7) is 3.34. The molecule has 0 spiro atoms. The van der Waals surface area contributed by atoms with Crippen molar-refractivity contribution < 1.29 is 0 Å². The Hall–Kier alpha value is -0.480. The Balaban J connectivity index is 1.81. The van der Waals surface area contributed by atoms with Crippen molar-refractivity contribution in [3.63, 3.8) is 0 Å². The number of nitrogens with zero attached hydrogens (tertiary/aromatic N) is 2. The molecule has 3 atom stereocenters. The fourth-order valence-electron chi connectivity index (χ4n) is 2.84. The number of aromatic nitrogens is 2. The van der Waals surface area contributed by atoms with Gasteiger partial charge in [0.2, 0.25) is 0 Å². The molecule has 4 rings (SSSR count). The second-order valence-electron chi connectivity index (χ2n) is 4.70. The van der Waals surface area contributed by atoms with Crippen molar-refractivity contribution in [2.75, 3.05) is 6.54 Å². The molecule has 4 heteroatoms. The van der Waals surface area contributed by atoms with Crippen LogP contribution in [-0.2, 0) is 6.42 Å². The van der Waals surface area contributed by atoms with Crippen LogP contribution in [0.15, 0.2) is 0 Å². The van der Waals surface area contributed by atoms with E-state index in [-0.39, 0.29) is 0 Å². The summed E-state index contributed by atoms with van der Waals surface area (Å²) in [5.41, 5.74) is 0. The first-order valence-electron chi connectivity index (χ1n) is 5.92. The predicted molar refractivity (Wildman–Crippen MR) is 61.2 cm³/mol. The van der Waals surface area contributed by atoms with Crippen molar-refractivity contribution in [3.05, 3.63) is 10.8 Å². The largest absolute Gasteiger partial charge is 0.313 e. The van der Waals surface area contributed by atoms with E-state index in [4.69, 9.17) is 0 Å². The van der Waals surface area contributed by atoms with E-state index in [0.717, 1.165) is 18.2 Å². The van der Waals surface area contributed by atoms with Gasteiger partial charge in [-0.05, 0) is 43.3 Å². The number of hydrogen-bond acceptors (Lipinski definition) is 4. The summed E-state index contributed by atoms with van der Waals surface area (Å²) in [6.07, 6.45) is 5.03. The van der Waals surface area contributed by atoms with Gasteiger partial charge in [0.25, 0.3) is 0 Å². The highest BCUT2D eigenvalue weighted by molar-refractivity contribution is 7.05. The molecule has 0 aromatic carbocycles. The van der Waals surface area contributed by atoms with E-state index in [1.807, 2.05) is 0 Å². The summed E-state index contributed by atoms with van der Waals surface area (Å²) in [7, 11) is 0. The summed E-state index contributed by atoms with van der Waals surface area (Å²) in [4.78, 5) is 4.64. The maximum atomic E-state index is 4.64. The first kappa shape index (κ1) is 9.73. The summed E-state index contributed by atoms with van der Waals surface area (Å²) in [6, 6.07) is 0.674. The minimum atomic E-state index is 0.648. The molecule has 1 unspecified atom stereocenters. The van der Waals surface area contributed by atoms with Gasteiger partial charge in [-0.2, -0.15) is 4.37 Å². The normalized spacial score (nSPS) is 34.6. The molecule has 0 amide bonds. The SMILES string of the molecule is CCc1nsc([C@H]2CC3CC[C@H]2NC3)n1. The molecule has 15 heavy (non-hydrogen) atoms. The van der Waals surface area contributed by atoms with Crippen molar-refractivity contribution >= 4 is 11.5 Å². The molecule has 1 aliphatic carbocycles. The average molecular weight is 223 g/mol. The van der Waals surface area contributed by atoms with Gasteiger partial charge in [-0.1, -0.05) is 6.92 Å². The van der Waals surface area contributed by atoms with Gasteiger partial charge in [0, 0.05) is 18.4 Å². The topological polar surface area (TPSA) is 37.8 Å². The van der Waals surface area contributed by atoms with Gasteiger partial charge in [-0.15, -0.1) is 0 Å². The Kier molecular flexibility index (Phi) is 2.48. The summed E-state index contributed by atoms with van der Waals surface area (Å²) >= 11 is 1.62. The van der Waals surface area contributed by atoms with Crippen LogP contribution < -0.4 is 5.32 Å². The lowest BCUT2D eigenvalue weighted by Gasteiger charge is -2.42. The number of piperidine rings is 2. The number of hydrogen-bond donors (Lipinski definition) is 1. The minimum Gasteiger partial charge on any atom is -0.313 e. The summed E-state index contributed by atoms with van der Waals surface area (Å²) < 4.78 is 4.40. The fourth-order valence-corrected chi connectivity index (χ4v) is 3.75. The molecule has 2 bridgehead atoms. The van der Waals surface area contributed by atoms with Crippen molar-refractivity contribution in [2.45, 2.75) is 44.6 Å².